The van der Waals surface area contributed by atoms with Gasteiger partial charge in [0.15, 0.2) is 0 Å². The maximum absolute atomic E-state index is 11.4. The van der Waals surface area contributed by atoms with Gasteiger partial charge in [-0.15, -0.1) is 12.4 Å². The average Bonchev–Trinajstić information content (AvgIpc) is 1.68. The fourth-order valence-electron chi connectivity index (χ4n) is 0.448. The predicted molar refractivity (Wildman–Crippen MR) is 36.1 cm³/mol. The van der Waals surface area contributed by atoms with Gasteiger partial charge < -0.3 is 5.73 Å². The van der Waals surface area contributed by atoms with Gasteiger partial charge in [-0.25, -0.2) is 4.39 Å². The third-order valence-corrected chi connectivity index (χ3v) is 0.858. The first-order chi connectivity index (χ1) is 3.31. The molecule has 1 nitrogen and oxygen atoms in total. The van der Waals surface area contributed by atoms with Gasteiger partial charge >= 0.3 is 0 Å². The second-order valence-electron chi connectivity index (χ2n) is 1.70. The molecule has 0 rings (SSSR count). The van der Waals surface area contributed by atoms with Crippen LogP contribution in [-0.2, 0) is 0 Å². The van der Waals surface area contributed by atoms with Gasteiger partial charge in [-0.05, 0) is 6.42 Å². The van der Waals surface area contributed by atoms with Gasteiger partial charge in [-0.2, -0.15) is 0 Å². The van der Waals surface area contributed by atoms with E-state index in [1.54, 1.807) is 0 Å². The Morgan fingerprint density at radius 1 is 1.62 bits per heavy atom. The van der Waals surface area contributed by atoms with Gasteiger partial charge in [0, 0.05) is 6.04 Å². The first-order valence-corrected chi connectivity index (χ1v) is 2.62. The lowest BCUT2D eigenvalue weighted by Gasteiger charge is -2.00. The van der Waals surface area contributed by atoms with Crippen LogP contribution in [0.5, 0.6) is 0 Å². The van der Waals surface area contributed by atoms with Crippen molar-refractivity contribution >= 4 is 12.4 Å². The summed E-state index contributed by atoms with van der Waals surface area (Å²) in [6.45, 7) is 1.61. The zero-order valence-electron chi connectivity index (χ0n) is 5.06. The van der Waals surface area contributed by atoms with Crippen molar-refractivity contribution in [3.8, 4) is 0 Å². The summed E-state index contributed by atoms with van der Waals surface area (Å²) >= 11 is 0. The first-order valence-electron chi connectivity index (χ1n) is 2.62. The lowest BCUT2D eigenvalue weighted by atomic mass is 10.2. The van der Waals surface area contributed by atoms with Crippen LogP contribution in [0.15, 0.2) is 0 Å². The van der Waals surface area contributed by atoms with Crippen LogP contribution in [0.3, 0.4) is 0 Å². The van der Waals surface area contributed by atoms with Crippen molar-refractivity contribution in [2.24, 2.45) is 5.73 Å². The van der Waals surface area contributed by atoms with E-state index in [1.165, 1.54) is 0 Å². The molecule has 0 aromatic heterocycles. The lowest BCUT2D eigenvalue weighted by Crippen LogP contribution is -2.21. The summed E-state index contributed by atoms with van der Waals surface area (Å²) in [6, 6.07) is -0.218. The molecule has 0 radical (unpaired) electrons. The molecule has 0 aromatic rings. The zero-order valence-corrected chi connectivity index (χ0v) is 5.88. The quantitative estimate of drug-likeness (QED) is 0.634. The Hall–Kier alpha value is 0.180. The van der Waals surface area contributed by atoms with Crippen molar-refractivity contribution in [3.63, 3.8) is 0 Å². The number of hydrogen-bond donors (Lipinski definition) is 1. The summed E-state index contributed by atoms with van der Waals surface area (Å²) in [5.74, 6) is 0. The first kappa shape index (κ1) is 11.0. The fraction of sp³-hybridized carbons (Fsp3) is 1.00. The monoisotopic (exact) mass is 141 g/mol. The summed E-state index contributed by atoms with van der Waals surface area (Å²) in [4.78, 5) is 0. The minimum atomic E-state index is -0.381. The zero-order chi connectivity index (χ0) is 5.70. The van der Waals surface area contributed by atoms with Crippen molar-refractivity contribution in [1.82, 2.24) is 0 Å². The third kappa shape index (κ3) is 6.18. The van der Waals surface area contributed by atoms with Crippen LogP contribution in [0, 0.1) is 0 Å². The second kappa shape index (κ2) is 7.18. The average molecular weight is 142 g/mol. The summed E-state index contributed by atoms with van der Waals surface area (Å²) in [7, 11) is 0. The van der Waals surface area contributed by atoms with E-state index < -0.39 is 0 Å². The molecular formula is C5H13ClFN. The van der Waals surface area contributed by atoms with E-state index in [0.717, 1.165) is 12.8 Å². The third-order valence-electron chi connectivity index (χ3n) is 0.858. The minimum Gasteiger partial charge on any atom is -0.325 e. The fourth-order valence-corrected chi connectivity index (χ4v) is 0.448. The van der Waals surface area contributed by atoms with Crippen molar-refractivity contribution in [2.45, 2.75) is 25.8 Å². The van der Waals surface area contributed by atoms with E-state index in [-0.39, 0.29) is 25.1 Å². The molecule has 0 amide bonds. The molecule has 0 heterocycles. The van der Waals surface area contributed by atoms with Crippen molar-refractivity contribution in [1.29, 1.82) is 0 Å². The molecule has 1 atom stereocenters. The summed E-state index contributed by atoms with van der Waals surface area (Å²) in [5, 5.41) is 0. The summed E-state index contributed by atoms with van der Waals surface area (Å²) in [6.07, 6.45) is 1.78. The molecule has 0 aliphatic rings. The number of alkyl halides is 1. The standard InChI is InChI=1S/C5H12FN.ClH/c1-2-3-5(7)4-6;/h5H,2-4,7H2,1H3;1H. The van der Waals surface area contributed by atoms with Crippen molar-refractivity contribution in [3.05, 3.63) is 0 Å². The van der Waals surface area contributed by atoms with E-state index in [2.05, 4.69) is 0 Å². The maximum atomic E-state index is 11.4. The van der Waals surface area contributed by atoms with Crippen molar-refractivity contribution in [2.75, 3.05) is 6.67 Å². The number of rotatable bonds is 3. The Balaban J connectivity index is 0. The van der Waals surface area contributed by atoms with Crippen LogP contribution >= 0.6 is 12.4 Å². The minimum absolute atomic E-state index is 0. The number of nitrogens with two attached hydrogens (primary N) is 1. The highest BCUT2D eigenvalue weighted by molar-refractivity contribution is 5.85. The topological polar surface area (TPSA) is 26.0 Å². The van der Waals surface area contributed by atoms with Crippen LogP contribution in [-0.4, -0.2) is 12.7 Å². The Morgan fingerprint density at radius 2 is 2.12 bits per heavy atom. The van der Waals surface area contributed by atoms with Crippen LogP contribution in [0.2, 0.25) is 0 Å². The van der Waals surface area contributed by atoms with Crippen LogP contribution in [0.25, 0.3) is 0 Å². The molecule has 1 unspecified atom stereocenters. The van der Waals surface area contributed by atoms with E-state index >= 15 is 0 Å². The normalized spacial score (nSPS) is 12.4. The van der Waals surface area contributed by atoms with Gasteiger partial charge in [0.1, 0.15) is 6.67 Å². The van der Waals surface area contributed by atoms with Gasteiger partial charge in [-0.3, -0.25) is 0 Å². The van der Waals surface area contributed by atoms with Crippen molar-refractivity contribution < 1.29 is 4.39 Å². The van der Waals surface area contributed by atoms with Crippen LogP contribution in [0.1, 0.15) is 19.8 Å². The molecule has 52 valence electrons. The highest BCUT2D eigenvalue weighted by Gasteiger charge is 1.95. The molecular weight excluding hydrogens is 129 g/mol. The lowest BCUT2D eigenvalue weighted by molar-refractivity contribution is 0.411. The highest BCUT2D eigenvalue weighted by atomic mass is 35.5. The number of halogens is 2. The summed E-state index contributed by atoms with van der Waals surface area (Å²) in [5.41, 5.74) is 5.21. The molecule has 2 N–H and O–H groups in total. The smallest absolute Gasteiger partial charge is 0.104 e. The van der Waals surface area contributed by atoms with Gasteiger partial charge in [-0.1, -0.05) is 13.3 Å². The molecule has 3 heteroatoms. The molecule has 0 saturated heterocycles. The van der Waals surface area contributed by atoms with Gasteiger partial charge in [0.2, 0.25) is 0 Å². The molecule has 0 bridgehead atoms. The molecule has 0 fully saturated rings. The van der Waals surface area contributed by atoms with Gasteiger partial charge in [0.05, 0.1) is 0 Å². The van der Waals surface area contributed by atoms with E-state index in [4.69, 9.17) is 5.73 Å². The van der Waals surface area contributed by atoms with Crippen LogP contribution < -0.4 is 5.73 Å². The molecule has 0 aliphatic carbocycles. The van der Waals surface area contributed by atoms with Gasteiger partial charge in [0.25, 0.3) is 0 Å². The molecule has 8 heavy (non-hydrogen) atoms. The Labute approximate surface area is 55.9 Å². The predicted octanol–water partition coefficient (Wildman–Crippen LogP) is 1.51. The van der Waals surface area contributed by atoms with Crippen LogP contribution in [0.4, 0.5) is 4.39 Å². The Morgan fingerprint density at radius 3 is 2.25 bits per heavy atom. The molecule has 0 spiro atoms. The van der Waals surface area contributed by atoms with E-state index in [0.29, 0.717) is 0 Å². The molecule has 0 aliphatic heterocycles. The van der Waals surface area contributed by atoms with E-state index in [1.807, 2.05) is 6.92 Å². The maximum Gasteiger partial charge on any atom is 0.104 e. The van der Waals surface area contributed by atoms with E-state index in [9.17, 15) is 4.39 Å². The largest absolute Gasteiger partial charge is 0.325 e. The number of hydrogen-bond acceptors (Lipinski definition) is 1. The Bertz CT molecular complexity index is 43.4. The second-order valence-corrected chi connectivity index (χ2v) is 1.70. The summed E-state index contributed by atoms with van der Waals surface area (Å²) < 4.78 is 11.4. The Kier molecular flexibility index (Phi) is 9.91. The molecule has 0 aromatic carbocycles. The molecule has 0 saturated carbocycles. The SMILES string of the molecule is CCCC(N)CF.Cl. The highest BCUT2D eigenvalue weighted by Crippen LogP contribution is 1.91.